The van der Waals surface area contributed by atoms with Crippen molar-refractivity contribution in [2.75, 3.05) is 18.5 Å². The number of rotatable bonds is 3. The molecule has 2 aromatic heterocycles. The number of oxazole rings is 1. The Balaban J connectivity index is 1.50. The van der Waals surface area contributed by atoms with Gasteiger partial charge >= 0.3 is 0 Å². The monoisotopic (exact) mass is 300 g/mol. The molecule has 0 saturated heterocycles. The van der Waals surface area contributed by atoms with Crippen molar-refractivity contribution < 1.29 is 8.81 Å². The van der Waals surface area contributed by atoms with Crippen LogP contribution in [0.4, 0.5) is 10.4 Å². The van der Waals surface area contributed by atoms with Crippen LogP contribution in [0.3, 0.4) is 0 Å². The number of fused-ring (bicyclic) bond motifs is 2. The minimum atomic E-state index is -0.296. The number of nitrogens with zero attached hydrogens (tertiary/aromatic N) is 4. The highest BCUT2D eigenvalue weighted by Crippen LogP contribution is 2.25. The largest absolute Gasteiger partial charge is 0.423 e. The molecule has 0 amide bonds. The van der Waals surface area contributed by atoms with Gasteiger partial charge in [-0.25, -0.2) is 9.37 Å². The van der Waals surface area contributed by atoms with Crippen LogP contribution in [0.15, 0.2) is 35.0 Å². The van der Waals surface area contributed by atoms with Gasteiger partial charge in [-0.15, -0.1) is 0 Å². The van der Waals surface area contributed by atoms with E-state index in [9.17, 15) is 4.39 Å². The zero-order valence-electron chi connectivity index (χ0n) is 12.4. The van der Waals surface area contributed by atoms with Gasteiger partial charge in [-0.3, -0.25) is 0 Å². The van der Waals surface area contributed by atoms with Gasteiger partial charge in [0, 0.05) is 45.0 Å². The van der Waals surface area contributed by atoms with Crippen LogP contribution in [0, 0.1) is 11.7 Å². The molecule has 0 spiro atoms. The Morgan fingerprint density at radius 3 is 3.27 bits per heavy atom. The second-order valence-corrected chi connectivity index (χ2v) is 5.89. The van der Waals surface area contributed by atoms with Crippen LogP contribution in [0.2, 0.25) is 0 Å². The van der Waals surface area contributed by atoms with Gasteiger partial charge in [-0.2, -0.15) is 4.98 Å². The predicted octanol–water partition coefficient (Wildman–Crippen LogP) is 2.86. The Morgan fingerprint density at radius 2 is 2.36 bits per heavy atom. The summed E-state index contributed by atoms with van der Waals surface area (Å²) in [6.45, 7) is 1.82. The highest BCUT2D eigenvalue weighted by Gasteiger charge is 2.21. The van der Waals surface area contributed by atoms with Crippen LogP contribution in [0.5, 0.6) is 0 Å². The molecule has 0 saturated carbocycles. The summed E-state index contributed by atoms with van der Waals surface area (Å²) in [6.07, 6.45) is 6.00. The van der Waals surface area contributed by atoms with Gasteiger partial charge in [0.2, 0.25) is 0 Å². The molecule has 0 bridgehead atoms. The Morgan fingerprint density at radius 1 is 1.45 bits per heavy atom. The summed E-state index contributed by atoms with van der Waals surface area (Å²) in [4.78, 5) is 10.7. The maximum atomic E-state index is 13.2. The van der Waals surface area contributed by atoms with Crippen molar-refractivity contribution in [3.63, 3.8) is 0 Å². The Hall–Kier alpha value is -2.37. The molecule has 0 radical (unpaired) electrons. The lowest BCUT2D eigenvalue weighted by atomic mass is 9.99. The minimum absolute atomic E-state index is 0.296. The standard InChI is InChI=1S/C16H17FN4O/c1-20(9-11-2-5-15-18-6-7-21(15)10-11)16-19-13-8-12(17)3-4-14(13)22-16/h3-4,6-8,11H,2,5,9-10H2,1H3/t11-/m0/s1. The van der Waals surface area contributed by atoms with Crippen LogP contribution in [0.1, 0.15) is 12.2 Å². The van der Waals surface area contributed by atoms with E-state index in [4.69, 9.17) is 4.42 Å². The van der Waals surface area contributed by atoms with Gasteiger partial charge in [0.25, 0.3) is 6.01 Å². The SMILES string of the molecule is CN(C[C@@H]1CCc2nccn2C1)c1nc2cc(F)ccc2o1. The van der Waals surface area contributed by atoms with E-state index in [0.29, 0.717) is 23.0 Å². The maximum Gasteiger partial charge on any atom is 0.298 e. The number of aryl methyl sites for hydroxylation is 1. The van der Waals surface area contributed by atoms with Crippen molar-refractivity contribution >= 4 is 17.1 Å². The number of anilines is 1. The number of halogens is 1. The van der Waals surface area contributed by atoms with Crippen molar-refractivity contribution in [3.8, 4) is 0 Å². The lowest BCUT2D eigenvalue weighted by Crippen LogP contribution is -2.31. The molecule has 5 nitrogen and oxygen atoms in total. The summed E-state index contributed by atoms with van der Waals surface area (Å²) < 4.78 is 21.1. The molecule has 0 fully saturated rings. The molecule has 3 aromatic rings. The number of imidazole rings is 1. The van der Waals surface area contributed by atoms with Crippen molar-refractivity contribution in [1.29, 1.82) is 0 Å². The third kappa shape index (κ3) is 2.34. The summed E-state index contributed by atoms with van der Waals surface area (Å²) in [6, 6.07) is 4.94. The van der Waals surface area contributed by atoms with Crippen molar-refractivity contribution in [2.24, 2.45) is 5.92 Å². The fourth-order valence-corrected chi connectivity index (χ4v) is 3.10. The fraction of sp³-hybridized carbons (Fsp3) is 0.375. The Bertz CT molecular complexity index is 809. The molecule has 114 valence electrons. The van der Waals surface area contributed by atoms with E-state index >= 15 is 0 Å². The van der Waals surface area contributed by atoms with E-state index < -0.39 is 0 Å². The minimum Gasteiger partial charge on any atom is -0.423 e. The van der Waals surface area contributed by atoms with Crippen LogP contribution < -0.4 is 4.90 Å². The third-order valence-corrected chi connectivity index (χ3v) is 4.23. The molecule has 1 aliphatic heterocycles. The summed E-state index contributed by atoms with van der Waals surface area (Å²) in [5.41, 5.74) is 1.17. The van der Waals surface area contributed by atoms with E-state index in [0.717, 1.165) is 31.8 Å². The number of hydrogen-bond acceptors (Lipinski definition) is 4. The first kappa shape index (κ1) is 13.3. The van der Waals surface area contributed by atoms with E-state index in [1.807, 2.05) is 24.3 Å². The molecule has 1 atom stereocenters. The summed E-state index contributed by atoms with van der Waals surface area (Å²) in [5, 5.41) is 0. The summed E-state index contributed by atoms with van der Waals surface area (Å²) >= 11 is 0. The second-order valence-electron chi connectivity index (χ2n) is 5.89. The quantitative estimate of drug-likeness (QED) is 0.746. The molecular weight excluding hydrogens is 283 g/mol. The second kappa shape index (κ2) is 5.12. The Kier molecular flexibility index (Phi) is 3.10. The molecule has 4 rings (SSSR count). The zero-order chi connectivity index (χ0) is 15.1. The lowest BCUT2D eigenvalue weighted by Gasteiger charge is -2.27. The molecule has 3 heterocycles. The van der Waals surface area contributed by atoms with Gasteiger partial charge in [-0.1, -0.05) is 0 Å². The van der Waals surface area contributed by atoms with Crippen molar-refractivity contribution in [3.05, 3.63) is 42.2 Å². The van der Waals surface area contributed by atoms with Gasteiger partial charge < -0.3 is 13.9 Å². The topological polar surface area (TPSA) is 47.1 Å². The normalized spacial score (nSPS) is 17.6. The van der Waals surface area contributed by atoms with E-state index in [1.54, 1.807) is 6.07 Å². The lowest BCUT2D eigenvalue weighted by molar-refractivity contribution is 0.363. The zero-order valence-corrected chi connectivity index (χ0v) is 12.4. The smallest absolute Gasteiger partial charge is 0.298 e. The number of benzene rings is 1. The number of hydrogen-bond donors (Lipinski definition) is 0. The van der Waals surface area contributed by atoms with Gasteiger partial charge in [0.1, 0.15) is 17.2 Å². The van der Waals surface area contributed by atoms with Crippen LogP contribution in [-0.4, -0.2) is 28.1 Å². The highest BCUT2D eigenvalue weighted by atomic mass is 19.1. The first-order valence-corrected chi connectivity index (χ1v) is 7.46. The summed E-state index contributed by atoms with van der Waals surface area (Å²) in [5.74, 6) is 1.39. The van der Waals surface area contributed by atoms with Crippen molar-refractivity contribution in [2.45, 2.75) is 19.4 Å². The average Bonchev–Trinajstić information content (AvgIpc) is 3.12. The highest BCUT2D eigenvalue weighted by molar-refractivity contribution is 5.74. The van der Waals surface area contributed by atoms with E-state index in [1.165, 1.54) is 12.1 Å². The van der Waals surface area contributed by atoms with Gasteiger partial charge in [0.05, 0.1) is 0 Å². The predicted molar refractivity (Wildman–Crippen MR) is 81.3 cm³/mol. The van der Waals surface area contributed by atoms with Crippen LogP contribution in [-0.2, 0) is 13.0 Å². The molecule has 22 heavy (non-hydrogen) atoms. The molecule has 1 aromatic carbocycles. The number of aromatic nitrogens is 3. The van der Waals surface area contributed by atoms with E-state index in [-0.39, 0.29) is 5.82 Å². The first-order valence-electron chi connectivity index (χ1n) is 7.46. The van der Waals surface area contributed by atoms with Gasteiger partial charge in [0.15, 0.2) is 5.58 Å². The van der Waals surface area contributed by atoms with Crippen molar-refractivity contribution in [1.82, 2.24) is 14.5 Å². The molecule has 0 N–H and O–H groups in total. The van der Waals surface area contributed by atoms with Crippen LogP contribution in [0.25, 0.3) is 11.1 Å². The van der Waals surface area contributed by atoms with Gasteiger partial charge in [-0.05, 0) is 24.5 Å². The summed E-state index contributed by atoms with van der Waals surface area (Å²) in [7, 11) is 1.96. The molecule has 1 aliphatic rings. The maximum absolute atomic E-state index is 13.2. The fourth-order valence-electron chi connectivity index (χ4n) is 3.10. The van der Waals surface area contributed by atoms with E-state index in [2.05, 4.69) is 14.5 Å². The van der Waals surface area contributed by atoms with Crippen LogP contribution >= 0.6 is 0 Å². The first-order chi connectivity index (χ1) is 10.7. The Labute approximate surface area is 127 Å². The third-order valence-electron chi connectivity index (χ3n) is 4.23. The molecule has 0 aliphatic carbocycles. The molecule has 0 unspecified atom stereocenters. The molecule has 6 heteroatoms. The average molecular weight is 300 g/mol. The molecular formula is C16H17FN4O.